The molecule has 0 spiro atoms. The van der Waals surface area contributed by atoms with Crippen LogP contribution in [-0.4, -0.2) is 41.5 Å². The van der Waals surface area contributed by atoms with Gasteiger partial charge in [-0.3, -0.25) is 0 Å². The predicted octanol–water partition coefficient (Wildman–Crippen LogP) is 5.64. The Morgan fingerprint density at radius 1 is 0.947 bits per heavy atom. The van der Waals surface area contributed by atoms with E-state index in [1.807, 2.05) is 80.6 Å². The van der Waals surface area contributed by atoms with E-state index in [4.69, 9.17) is 9.47 Å². The molecule has 0 aliphatic heterocycles. The summed E-state index contributed by atoms with van der Waals surface area (Å²) in [4.78, 5) is 24.8. The van der Waals surface area contributed by atoms with Crippen molar-refractivity contribution < 1.29 is 24.2 Å². The molecule has 3 aromatic carbocycles. The Morgan fingerprint density at radius 2 is 1.55 bits per heavy atom. The van der Waals surface area contributed by atoms with Crippen molar-refractivity contribution in [2.24, 2.45) is 0 Å². The van der Waals surface area contributed by atoms with Crippen molar-refractivity contribution in [1.29, 1.82) is 0 Å². The number of nitrogens with one attached hydrogen (secondary N) is 1. The van der Waals surface area contributed by atoms with Gasteiger partial charge >= 0.3 is 12.1 Å². The molecule has 7 heteroatoms. The second kappa shape index (κ2) is 10.5. The molecule has 0 saturated carbocycles. The lowest BCUT2D eigenvalue weighted by Gasteiger charge is -2.18. The number of ether oxygens (including phenoxy) is 2. The van der Waals surface area contributed by atoms with Crippen LogP contribution in [0.25, 0.3) is 16.8 Å². The van der Waals surface area contributed by atoms with Crippen LogP contribution in [-0.2, 0) is 16.0 Å². The standard InChI is InChI=1S/C31H30N2O5/c1-19-16-21(20(2)33(19)22-12-14-23(37-3)15-13-22)17-29(30(34)35)32-31(36)38-18-28-26-10-6-4-8-24(26)25-9-5-7-11-27(25)28/h4-16,28-29H,17-18H2,1-3H3,(H,32,36)(H,34,35). The van der Waals surface area contributed by atoms with Crippen LogP contribution in [0.2, 0.25) is 0 Å². The van der Waals surface area contributed by atoms with Crippen LogP contribution in [0, 0.1) is 13.8 Å². The minimum absolute atomic E-state index is 0.0974. The Balaban J connectivity index is 1.28. The third-order valence-electron chi connectivity index (χ3n) is 7.22. The van der Waals surface area contributed by atoms with E-state index >= 15 is 0 Å². The summed E-state index contributed by atoms with van der Waals surface area (Å²) in [5.74, 6) is -0.456. The van der Waals surface area contributed by atoms with Crippen molar-refractivity contribution in [3.8, 4) is 22.6 Å². The number of aliphatic carboxylic acids is 1. The number of aromatic nitrogens is 1. The van der Waals surface area contributed by atoms with Gasteiger partial charge < -0.3 is 24.5 Å². The van der Waals surface area contributed by atoms with E-state index in [1.165, 1.54) is 0 Å². The smallest absolute Gasteiger partial charge is 0.407 e. The fourth-order valence-electron chi connectivity index (χ4n) is 5.37. The molecule has 0 radical (unpaired) electrons. The molecule has 1 atom stereocenters. The molecule has 1 heterocycles. The fraction of sp³-hybridized carbons (Fsp3) is 0.226. The molecule has 1 aromatic heterocycles. The number of aryl methyl sites for hydroxylation is 1. The second-order valence-electron chi connectivity index (χ2n) is 9.49. The highest BCUT2D eigenvalue weighted by molar-refractivity contribution is 5.81. The third kappa shape index (κ3) is 4.75. The summed E-state index contributed by atoms with van der Waals surface area (Å²) >= 11 is 0. The number of carbonyl (C=O) groups excluding carboxylic acids is 1. The first kappa shape index (κ1) is 25.1. The molecule has 4 aromatic rings. The summed E-state index contributed by atoms with van der Waals surface area (Å²) in [5, 5.41) is 12.4. The molecule has 2 N–H and O–H groups in total. The first-order valence-corrected chi connectivity index (χ1v) is 12.5. The number of nitrogens with zero attached hydrogens (tertiary/aromatic N) is 1. The van der Waals surface area contributed by atoms with Crippen molar-refractivity contribution in [2.75, 3.05) is 13.7 Å². The SMILES string of the molecule is COc1ccc(-n2c(C)cc(CC(NC(=O)OCC3c4ccccc4-c4ccccc43)C(=O)O)c2C)cc1. The Kier molecular flexibility index (Phi) is 6.92. The number of carboxylic acid groups (broad SMARTS) is 1. The molecular weight excluding hydrogens is 480 g/mol. The van der Waals surface area contributed by atoms with E-state index in [1.54, 1.807) is 7.11 Å². The molecule has 0 saturated heterocycles. The van der Waals surface area contributed by atoms with Crippen LogP contribution >= 0.6 is 0 Å². The van der Waals surface area contributed by atoms with Gasteiger partial charge in [0.2, 0.25) is 0 Å². The van der Waals surface area contributed by atoms with Crippen molar-refractivity contribution in [2.45, 2.75) is 32.2 Å². The monoisotopic (exact) mass is 510 g/mol. The summed E-state index contributed by atoms with van der Waals surface area (Å²) in [7, 11) is 1.62. The minimum Gasteiger partial charge on any atom is -0.497 e. The van der Waals surface area contributed by atoms with Crippen molar-refractivity contribution in [3.05, 3.63) is 107 Å². The molecule has 1 aliphatic carbocycles. The van der Waals surface area contributed by atoms with Gasteiger partial charge in [0.25, 0.3) is 0 Å². The van der Waals surface area contributed by atoms with Crippen molar-refractivity contribution in [1.82, 2.24) is 9.88 Å². The lowest BCUT2D eigenvalue weighted by molar-refractivity contribution is -0.139. The van der Waals surface area contributed by atoms with Crippen LogP contribution in [0.5, 0.6) is 5.75 Å². The summed E-state index contributed by atoms with van der Waals surface area (Å²) in [6, 6.07) is 24.6. The van der Waals surface area contributed by atoms with E-state index in [0.29, 0.717) is 0 Å². The van der Waals surface area contributed by atoms with Crippen LogP contribution in [0.1, 0.15) is 34.0 Å². The zero-order chi connectivity index (χ0) is 26.8. The molecule has 194 valence electrons. The lowest BCUT2D eigenvalue weighted by atomic mass is 9.98. The number of hydrogen-bond donors (Lipinski definition) is 2. The van der Waals surface area contributed by atoms with Crippen LogP contribution in [0.15, 0.2) is 78.9 Å². The van der Waals surface area contributed by atoms with Gasteiger partial charge in [0.15, 0.2) is 0 Å². The second-order valence-corrected chi connectivity index (χ2v) is 9.49. The summed E-state index contributed by atoms with van der Waals surface area (Å²) < 4.78 is 12.9. The summed E-state index contributed by atoms with van der Waals surface area (Å²) in [6.45, 7) is 4.03. The van der Waals surface area contributed by atoms with Crippen LogP contribution < -0.4 is 10.1 Å². The summed E-state index contributed by atoms with van der Waals surface area (Å²) in [6.07, 6.45) is -0.613. The van der Waals surface area contributed by atoms with E-state index in [9.17, 15) is 14.7 Å². The van der Waals surface area contributed by atoms with Gasteiger partial charge in [-0.25, -0.2) is 9.59 Å². The molecule has 0 fully saturated rings. The molecule has 1 amide bonds. The van der Waals surface area contributed by atoms with Crippen molar-refractivity contribution in [3.63, 3.8) is 0 Å². The zero-order valence-electron chi connectivity index (χ0n) is 21.6. The van der Waals surface area contributed by atoms with Gasteiger partial charge in [0, 0.05) is 29.4 Å². The predicted molar refractivity (Wildman–Crippen MR) is 145 cm³/mol. The minimum atomic E-state index is -1.13. The number of methoxy groups -OCH3 is 1. The van der Waals surface area contributed by atoms with E-state index in [0.717, 1.165) is 50.6 Å². The average Bonchev–Trinajstić information content (AvgIpc) is 3.39. The van der Waals surface area contributed by atoms with Gasteiger partial charge in [0.1, 0.15) is 18.4 Å². The number of alkyl carbamates (subject to hydrolysis) is 1. The van der Waals surface area contributed by atoms with Crippen LogP contribution in [0.3, 0.4) is 0 Å². The molecular formula is C31H30N2O5. The maximum Gasteiger partial charge on any atom is 0.407 e. The third-order valence-corrected chi connectivity index (χ3v) is 7.22. The van der Waals surface area contributed by atoms with Gasteiger partial charge in [-0.05, 0) is 72.0 Å². The topological polar surface area (TPSA) is 89.8 Å². The highest BCUT2D eigenvalue weighted by atomic mass is 16.5. The number of carboxylic acids is 1. The summed E-state index contributed by atoms with van der Waals surface area (Å²) in [5.41, 5.74) is 8.12. The maximum absolute atomic E-state index is 12.8. The molecule has 5 rings (SSSR count). The number of carbonyl (C=O) groups is 2. The number of rotatable bonds is 8. The largest absolute Gasteiger partial charge is 0.497 e. The van der Waals surface area contributed by atoms with Gasteiger partial charge in [-0.15, -0.1) is 0 Å². The quantitative estimate of drug-likeness (QED) is 0.320. The molecule has 7 nitrogen and oxygen atoms in total. The Hall–Kier alpha value is -4.52. The Labute approximate surface area is 221 Å². The molecule has 38 heavy (non-hydrogen) atoms. The molecule has 1 aliphatic rings. The highest BCUT2D eigenvalue weighted by Crippen LogP contribution is 2.44. The number of benzene rings is 3. The number of amides is 1. The fourth-order valence-corrected chi connectivity index (χ4v) is 5.37. The molecule has 1 unspecified atom stereocenters. The number of fused-ring (bicyclic) bond motifs is 3. The maximum atomic E-state index is 12.8. The molecule has 0 bridgehead atoms. The van der Waals surface area contributed by atoms with Gasteiger partial charge in [-0.1, -0.05) is 48.5 Å². The Bertz CT molecular complexity index is 1440. The van der Waals surface area contributed by atoms with Gasteiger partial charge in [-0.2, -0.15) is 0 Å². The van der Waals surface area contributed by atoms with Crippen LogP contribution in [0.4, 0.5) is 4.79 Å². The first-order chi connectivity index (χ1) is 18.4. The van der Waals surface area contributed by atoms with E-state index in [-0.39, 0.29) is 18.9 Å². The van der Waals surface area contributed by atoms with Gasteiger partial charge in [0.05, 0.1) is 7.11 Å². The highest BCUT2D eigenvalue weighted by Gasteiger charge is 2.30. The van der Waals surface area contributed by atoms with Crippen molar-refractivity contribution >= 4 is 12.1 Å². The normalized spacial score (nSPS) is 12.9. The average molecular weight is 511 g/mol. The van der Waals surface area contributed by atoms with E-state index in [2.05, 4.69) is 22.0 Å². The number of hydrogen-bond acceptors (Lipinski definition) is 4. The Morgan fingerprint density at radius 3 is 2.13 bits per heavy atom. The first-order valence-electron chi connectivity index (χ1n) is 12.5. The zero-order valence-corrected chi connectivity index (χ0v) is 21.6. The lowest BCUT2D eigenvalue weighted by Crippen LogP contribution is -2.43. The van der Waals surface area contributed by atoms with E-state index < -0.39 is 18.1 Å².